The highest BCUT2D eigenvalue weighted by molar-refractivity contribution is 6.06. The third kappa shape index (κ3) is 4.33. The molecule has 0 atom stereocenters. The molecule has 3 heterocycles. The summed E-state index contributed by atoms with van der Waals surface area (Å²) in [6.07, 6.45) is 3.45. The van der Waals surface area contributed by atoms with E-state index in [2.05, 4.69) is 25.5 Å². The van der Waals surface area contributed by atoms with Gasteiger partial charge < -0.3 is 15.5 Å². The number of halogens is 2. The number of aliphatic imine (C=N–C) groups is 1. The molecule has 1 aliphatic carbocycles. The quantitative estimate of drug-likeness (QED) is 0.533. The van der Waals surface area contributed by atoms with E-state index in [9.17, 15) is 14.0 Å². The fraction of sp³-hybridized carbons (Fsp3) is 0.385. The van der Waals surface area contributed by atoms with Crippen LogP contribution in [0.4, 0.5) is 26.0 Å². The van der Waals surface area contributed by atoms with Gasteiger partial charge in [0, 0.05) is 56.4 Å². The fourth-order valence-electron chi connectivity index (χ4n) is 5.01. The van der Waals surface area contributed by atoms with E-state index in [0.717, 1.165) is 12.8 Å². The first-order valence-electron chi connectivity index (χ1n) is 12.6. The monoisotopic (exact) mass is 507 g/mol. The van der Waals surface area contributed by atoms with Crippen LogP contribution < -0.4 is 21.2 Å². The second kappa shape index (κ2) is 9.22. The summed E-state index contributed by atoms with van der Waals surface area (Å²) in [5, 5.41) is 6.43. The maximum Gasteiger partial charge on any atom is 0.349 e. The van der Waals surface area contributed by atoms with Crippen LogP contribution in [0.15, 0.2) is 34.1 Å². The fourth-order valence-corrected chi connectivity index (χ4v) is 5.01. The maximum atomic E-state index is 15.5. The van der Waals surface area contributed by atoms with E-state index < -0.39 is 17.3 Å². The number of carbonyl (C=O) groups excluding carboxylic acids is 1. The zero-order chi connectivity index (χ0) is 25.7. The number of aromatic nitrogens is 2. The molecule has 11 heteroatoms. The average Bonchev–Trinajstić information content (AvgIpc) is 3.71. The van der Waals surface area contributed by atoms with Crippen LogP contribution in [-0.4, -0.2) is 58.9 Å². The lowest BCUT2D eigenvalue weighted by Crippen LogP contribution is -2.46. The van der Waals surface area contributed by atoms with Gasteiger partial charge in [0.25, 0.3) is 5.91 Å². The number of benzene rings is 2. The summed E-state index contributed by atoms with van der Waals surface area (Å²) in [5.74, 6) is -0.787. The molecule has 9 nitrogen and oxygen atoms in total. The van der Waals surface area contributed by atoms with Gasteiger partial charge in [-0.3, -0.25) is 14.3 Å². The third-order valence-corrected chi connectivity index (χ3v) is 7.18. The normalized spacial score (nSPS) is 17.2. The van der Waals surface area contributed by atoms with Gasteiger partial charge in [-0.25, -0.2) is 18.6 Å². The minimum absolute atomic E-state index is 0.0214. The van der Waals surface area contributed by atoms with Gasteiger partial charge in [-0.15, -0.1) is 0 Å². The Bertz CT molecular complexity index is 1490. The topological polar surface area (TPSA) is 94.9 Å². The smallest absolute Gasteiger partial charge is 0.349 e. The minimum atomic E-state index is -0.530. The lowest BCUT2D eigenvalue weighted by molar-refractivity contribution is 0.0950. The second-order valence-electron chi connectivity index (χ2n) is 9.66. The van der Waals surface area contributed by atoms with Crippen molar-refractivity contribution < 1.29 is 13.6 Å². The van der Waals surface area contributed by atoms with Crippen LogP contribution in [0.1, 0.15) is 35.7 Å². The van der Waals surface area contributed by atoms with E-state index >= 15 is 4.39 Å². The summed E-state index contributed by atoms with van der Waals surface area (Å²) >= 11 is 0. The molecule has 1 aromatic heterocycles. The number of hydrogen-bond donors (Lipinski definition) is 2. The van der Waals surface area contributed by atoms with Gasteiger partial charge in [0.2, 0.25) is 0 Å². The molecule has 0 unspecified atom stereocenters. The lowest BCUT2D eigenvalue weighted by Gasteiger charge is -2.36. The Morgan fingerprint density at radius 2 is 1.95 bits per heavy atom. The van der Waals surface area contributed by atoms with E-state index in [1.807, 2.05) is 11.8 Å². The van der Waals surface area contributed by atoms with Crippen LogP contribution in [0.2, 0.25) is 0 Å². The molecule has 1 saturated heterocycles. The summed E-state index contributed by atoms with van der Waals surface area (Å²) in [7, 11) is 0. The van der Waals surface area contributed by atoms with Crippen molar-refractivity contribution in [2.45, 2.75) is 38.9 Å². The van der Waals surface area contributed by atoms with Crippen LogP contribution in [0.5, 0.6) is 0 Å². The molecular weight excluding hydrogens is 480 g/mol. The number of piperazine rings is 1. The molecule has 0 radical (unpaired) electrons. The van der Waals surface area contributed by atoms with E-state index in [-0.39, 0.29) is 17.5 Å². The molecule has 3 aliphatic rings. The Kier molecular flexibility index (Phi) is 5.86. The van der Waals surface area contributed by atoms with E-state index in [1.165, 1.54) is 17.0 Å². The molecular formula is C26H27F2N7O2. The van der Waals surface area contributed by atoms with Crippen LogP contribution in [0.3, 0.4) is 0 Å². The third-order valence-electron chi connectivity index (χ3n) is 7.18. The largest absolute Gasteiger partial charge is 0.367 e. The Labute approximate surface area is 211 Å². The van der Waals surface area contributed by atoms with Gasteiger partial charge in [-0.2, -0.15) is 4.98 Å². The van der Waals surface area contributed by atoms with Crippen molar-refractivity contribution >= 4 is 40.3 Å². The summed E-state index contributed by atoms with van der Waals surface area (Å²) < 4.78 is 31.8. The number of nitrogens with zero attached hydrogens (tertiary/aromatic N) is 5. The zero-order valence-corrected chi connectivity index (χ0v) is 20.4. The van der Waals surface area contributed by atoms with Crippen LogP contribution in [0, 0.1) is 11.6 Å². The predicted octanol–water partition coefficient (Wildman–Crippen LogP) is 2.99. The molecule has 2 aliphatic heterocycles. The number of hydrogen-bond acceptors (Lipinski definition) is 7. The zero-order valence-electron chi connectivity index (χ0n) is 20.4. The SMILES string of the molecule is CCn1c2c3c(cc(CN4CCN(c5ccc(C(=O)NC6CC6)cc5F)CC4)c(F)c3nc1=O)NC=N2. The van der Waals surface area contributed by atoms with Crippen molar-refractivity contribution in [2.75, 3.05) is 36.4 Å². The van der Waals surface area contributed by atoms with E-state index in [0.29, 0.717) is 73.0 Å². The number of anilines is 2. The minimum Gasteiger partial charge on any atom is -0.367 e. The molecule has 3 aromatic rings. The number of amides is 1. The summed E-state index contributed by atoms with van der Waals surface area (Å²) in [6.45, 7) is 4.85. The van der Waals surface area contributed by atoms with Gasteiger partial charge in [-0.1, -0.05) is 0 Å². The van der Waals surface area contributed by atoms with Gasteiger partial charge >= 0.3 is 5.69 Å². The van der Waals surface area contributed by atoms with Crippen molar-refractivity contribution in [3.8, 4) is 0 Å². The molecule has 6 rings (SSSR count). The lowest BCUT2D eigenvalue weighted by atomic mass is 10.1. The molecule has 37 heavy (non-hydrogen) atoms. The first-order valence-corrected chi connectivity index (χ1v) is 12.6. The maximum absolute atomic E-state index is 15.5. The van der Waals surface area contributed by atoms with Crippen molar-refractivity contribution in [1.29, 1.82) is 0 Å². The van der Waals surface area contributed by atoms with Crippen molar-refractivity contribution in [2.24, 2.45) is 4.99 Å². The van der Waals surface area contributed by atoms with Crippen molar-refractivity contribution in [3.05, 3.63) is 57.5 Å². The van der Waals surface area contributed by atoms with Crippen molar-refractivity contribution in [1.82, 2.24) is 19.8 Å². The highest BCUT2D eigenvalue weighted by Crippen LogP contribution is 2.36. The van der Waals surface area contributed by atoms with Crippen LogP contribution in [0.25, 0.3) is 10.9 Å². The molecule has 192 valence electrons. The first-order chi connectivity index (χ1) is 17.9. The molecule has 2 fully saturated rings. The highest BCUT2D eigenvalue weighted by Gasteiger charge is 2.26. The number of nitrogens with one attached hydrogen (secondary N) is 2. The van der Waals surface area contributed by atoms with Gasteiger partial charge in [-0.05, 0) is 44.0 Å². The van der Waals surface area contributed by atoms with Gasteiger partial charge in [0.1, 0.15) is 17.2 Å². The molecule has 1 amide bonds. The Hall–Kier alpha value is -3.86. The summed E-state index contributed by atoms with van der Waals surface area (Å²) in [6, 6.07) is 6.56. The Morgan fingerprint density at radius 3 is 2.65 bits per heavy atom. The van der Waals surface area contributed by atoms with Gasteiger partial charge in [0.15, 0.2) is 5.82 Å². The number of rotatable bonds is 6. The second-order valence-corrected chi connectivity index (χ2v) is 9.66. The van der Waals surface area contributed by atoms with Gasteiger partial charge in [0.05, 0.1) is 23.1 Å². The molecule has 2 N–H and O–H groups in total. The van der Waals surface area contributed by atoms with E-state index in [4.69, 9.17) is 0 Å². The van der Waals surface area contributed by atoms with Crippen LogP contribution >= 0.6 is 0 Å². The number of carbonyl (C=O) groups is 1. The Morgan fingerprint density at radius 1 is 1.16 bits per heavy atom. The summed E-state index contributed by atoms with van der Waals surface area (Å²) in [4.78, 5) is 37.0. The Balaban J connectivity index is 1.17. The first kappa shape index (κ1) is 23.5. The predicted molar refractivity (Wildman–Crippen MR) is 138 cm³/mol. The molecule has 1 saturated carbocycles. The van der Waals surface area contributed by atoms with Crippen molar-refractivity contribution in [3.63, 3.8) is 0 Å². The van der Waals surface area contributed by atoms with E-state index in [1.54, 1.807) is 18.2 Å². The highest BCUT2D eigenvalue weighted by atomic mass is 19.1. The summed E-state index contributed by atoms with van der Waals surface area (Å²) in [5.41, 5.74) is 1.37. The van der Waals surface area contributed by atoms with Crippen LogP contribution in [-0.2, 0) is 13.1 Å². The molecule has 0 bridgehead atoms. The molecule has 0 spiro atoms. The average molecular weight is 508 g/mol. The standard InChI is InChI=1S/C26H27F2N7O2/c1-2-35-24-21-19(29-14-30-24)12-16(22(28)23(21)32-26(35)37)13-33-7-9-34(10-8-33)20-6-3-15(11-18(20)27)25(36)31-17-4-5-17/h3,6,11-12,14,17H,2,4-5,7-10,13H2,1H3,(H,29,30)(H,31,36). The molecule has 2 aromatic carbocycles.